The molecule has 1 atom stereocenters. The molecule has 35 heavy (non-hydrogen) atoms. The average molecular weight is 493 g/mol. The van der Waals surface area contributed by atoms with Gasteiger partial charge in [0, 0.05) is 24.2 Å². The molecule has 0 radical (unpaired) electrons. The third-order valence-corrected chi connectivity index (χ3v) is 6.25. The smallest absolute Gasteiger partial charge is 0.317 e. The molecule has 180 valence electrons. The van der Waals surface area contributed by atoms with Crippen molar-refractivity contribution in [2.24, 2.45) is 15.9 Å². The van der Waals surface area contributed by atoms with Gasteiger partial charge in [-0.15, -0.1) is 5.10 Å². The molecular formula is C23H24N8O3S. The summed E-state index contributed by atoms with van der Waals surface area (Å²) in [4.78, 5) is 19.7. The number of nitrogens with zero attached hydrogens (tertiary/aromatic N) is 4. The maximum Gasteiger partial charge on any atom is 0.317 e. The number of ether oxygens (including phenoxy) is 1. The summed E-state index contributed by atoms with van der Waals surface area (Å²) >= 11 is 1.01. The van der Waals surface area contributed by atoms with E-state index in [0.29, 0.717) is 42.7 Å². The van der Waals surface area contributed by atoms with Crippen LogP contribution in [0.25, 0.3) is 5.70 Å². The van der Waals surface area contributed by atoms with Gasteiger partial charge in [0.1, 0.15) is 10.7 Å². The first-order valence-electron chi connectivity index (χ1n) is 11.0. The zero-order valence-electron chi connectivity index (χ0n) is 18.7. The van der Waals surface area contributed by atoms with E-state index in [-0.39, 0.29) is 23.5 Å². The summed E-state index contributed by atoms with van der Waals surface area (Å²) in [5.41, 5.74) is 9.56. The molecule has 0 saturated carbocycles. The van der Waals surface area contributed by atoms with Crippen LogP contribution in [-0.4, -0.2) is 59.2 Å². The summed E-state index contributed by atoms with van der Waals surface area (Å²) in [5.74, 6) is -0.269. The van der Waals surface area contributed by atoms with Crippen LogP contribution in [0.1, 0.15) is 17.0 Å². The van der Waals surface area contributed by atoms with Crippen molar-refractivity contribution in [3.63, 3.8) is 0 Å². The number of aliphatic imine (C=N–C) groups is 1. The summed E-state index contributed by atoms with van der Waals surface area (Å²) < 4.78 is 11.1. The fourth-order valence-corrected chi connectivity index (χ4v) is 4.40. The molecule has 2 aliphatic heterocycles. The normalized spacial score (nSPS) is 18.7. The molecule has 3 aromatic rings. The number of morpholine rings is 1. The van der Waals surface area contributed by atoms with E-state index in [1.54, 1.807) is 0 Å². The standard InChI is InChI=1S/C23H24N8O3S/c24-17(22(35-25)31-10-12-33-13-11-31)21-29-30-23(34-21)28-19-20(32)26-16-9-5-4-8-15(16)18(27-19)14-6-2-1-3-7-14/h1-9,19H,10-13,24-25H2,(H,26,32)(H,28,30)/b22-17-/t19-/m1/s1. The van der Waals surface area contributed by atoms with Crippen molar-refractivity contribution in [3.05, 3.63) is 76.6 Å². The Hall–Kier alpha value is -3.87. The second kappa shape index (κ2) is 10.2. The number of para-hydroxylation sites is 1. The summed E-state index contributed by atoms with van der Waals surface area (Å²) in [6.45, 7) is 2.46. The predicted octanol–water partition coefficient (Wildman–Crippen LogP) is 1.82. The quantitative estimate of drug-likeness (QED) is 0.374. The number of fused-ring (bicyclic) bond motifs is 1. The van der Waals surface area contributed by atoms with E-state index < -0.39 is 6.17 Å². The lowest BCUT2D eigenvalue weighted by Gasteiger charge is -2.30. The fraction of sp³-hybridized carbons (Fsp3) is 0.217. The van der Waals surface area contributed by atoms with Gasteiger partial charge in [-0.25, -0.2) is 4.99 Å². The number of nitrogens with two attached hydrogens (primary N) is 2. The first kappa shape index (κ1) is 22.9. The van der Waals surface area contributed by atoms with Crippen LogP contribution in [0.5, 0.6) is 0 Å². The molecule has 0 spiro atoms. The molecule has 0 bridgehead atoms. The van der Waals surface area contributed by atoms with E-state index in [4.69, 9.17) is 25.0 Å². The first-order valence-corrected chi connectivity index (χ1v) is 11.8. The van der Waals surface area contributed by atoms with Crippen molar-refractivity contribution in [1.82, 2.24) is 15.1 Å². The Bertz CT molecular complexity index is 1270. The van der Waals surface area contributed by atoms with Crippen LogP contribution in [0.3, 0.4) is 0 Å². The molecule has 6 N–H and O–H groups in total. The number of anilines is 2. The minimum Gasteiger partial charge on any atom is -0.402 e. The molecule has 0 unspecified atom stereocenters. The minimum atomic E-state index is -1.02. The highest BCUT2D eigenvalue weighted by Gasteiger charge is 2.28. The second-order valence-electron chi connectivity index (χ2n) is 7.77. The molecule has 1 fully saturated rings. The van der Waals surface area contributed by atoms with Gasteiger partial charge in [-0.3, -0.25) is 9.93 Å². The molecule has 5 rings (SSSR count). The van der Waals surface area contributed by atoms with Gasteiger partial charge in [0.05, 0.1) is 24.6 Å². The van der Waals surface area contributed by atoms with E-state index in [0.717, 1.165) is 23.1 Å². The Balaban J connectivity index is 1.44. The lowest BCUT2D eigenvalue weighted by Crippen LogP contribution is -2.36. The number of benzene rings is 2. The van der Waals surface area contributed by atoms with Crippen molar-refractivity contribution in [2.75, 3.05) is 36.9 Å². The zero-order valence-corrected chi connectivity index (χ0v) is 19.5. The van der Waals surface area contributed by atoms with Crippen molar-refractivity contribution in [2.45, 2.75) is 6.17 Å². The number of benzodiazepines with no additional fused rings is 1. The molecule has 1 aromatic heterocycles. The number of amides is 1. The summed E-state index contributed by atoms with van der Waals surface area (Å²) in [5, 5.41) is 20.4. The van der Waals surface area contributed by atoms with E-state index in [1.807, 2.05) is 59.5 Å². The fourth-order valence-electron chi connectivity index (χ4n) is 3.85. The molecule has 2 aromatic carbocycles. The van der Waals surface area contributed by atoms with Gasteiger partial charge in [0.25, 0.3) is 11.8 Å². The lowest BCUT2D eigenvalue weighted by atomic mass is 10.0. The van der Waals surface area contributed by atoms with E-state index >= 15 is 0 Å². The number of hydrogen-bond acceptors (Lipinski definition) is 11. The summed E-state index contributed by atoms with van der Waals surface area (Å²) in [6.07, 6.45) is -1.02. The molecule has 12 heteroatoms. The Morgan fingerprint density at radius 2 is 1.83 bits per heavy atom. The average Bonchev–Trinajstić information content (AvgIpc) is 3.32. The Labute approximate surface area is 205 Å². The molecule has 1 saturated heterocycles. The summed E-state index contributed by atoms with van der Waals surface area (Å²) in [7, 11) is 0. The predicted molar refractivity (Wildman–Crippen MR) is 134 cm³/mol. The number of carbonyl (C=O) groups excluding carboxylic acids is 1. The van der Waals surface area contributed by atoms with Crippen LogP contribution in [0.2, 0.25) is 0 Å². The second-order valence-corrected chi connectivity index (χ2v) is 8.40. The van der Waals surface area contributed by atoms with E-state index in [1.165, 1.54) is 0 Å². The van der Waals surface area contributed by atoms with Gasteiger partial charge in [0.15, 0.2) is 0 Å². The lowest BCUT2D eigenvalue weighted by molar-refractivity contribution is -0.116. The number of carbonyl (C=O) groups is 1. The van der Waals surface area contributed by atoms with Crippen molar-refractivity contribution < 1.29 is 13.9 Å². The van der Waals surface area contributed by atoms with Crippen LogP contribution in [0, 0.1) is 0 Å². The Morgan fingerprint density at radius 3 is 2.60 bits per heavy atom. The SMILES string of the molecule is NS/C(=C(\N)c1nnc(N[C@H]2N=C(c3ccccc3)c3ccccc3NC2=O)o1)N1CCOCC1. The topological polar surface area (TPSA) is 157 Å². The van der Waals surface area contributed by atoms with Gasteiger partial charge in [0.2, 0.25) is 6.17 Å². The molecule has 3 heterocycles. The van der Waals surface area contributed by atoms with Crippen LogP contribution >= 0.6 is 11.9 Å². The number of rotatable bonds is 6. The Kier molecular flexibility index (Phi) is 6.66. The van der Waals surface area contributed by atoms with Crippen LogP contribution in [0.4, 0.5) is 11.7 Å². The van der Waals surface area contributed by atoms with Gasteiger partial charge in [-0.1, -0.05) is 53.6 Å². The van der Waals surface area contributed by atoms with Crippen LogP contribution < -0.4 is 21.5 Å². The third-order valence-electron chi connectivity index (χ3n) is 5.55. The largest absolute Gasteiger partial charge is 0.402 e. The van der Waals surface area contributed by atoms with Gasteiger partial charge >= 0.3 is 6.01 Å². The van der Waals surface area contributed by atoms with E-state index in [9.17, 15) is 4.79 Å². The van der Waals surface area contributed by atoms with Crippen molar-refractivity contribution in [1.29, 1.82) is 0 Å². The molecular weight excluding hydrogens is 468 g/mol. The molecule has 0 aliphatic carbocycles. The van der Waals surface area contributed by atoms with Gasteiger partial charge < -0.3 is 30.4 Å². The molecule has 2 aliphatic rings. The number of hydrogen-bond donors (Lipinski definition) is 4. The first-order chi connectivity index (χ1) is 17.1. The zero-order chi connectivity index (χ0) is 24.2. The maximum absolute atomic E-state index is 13.0. The minimum absolute atomic E-state index is 0.00793. The number of nitrogens with one attached hydrogen (secondary N) is 2. The monoisotopic (exact) mass is 492 g/mol. The highest BCUT2D eigenvalue weighted by molar-refractivity contribution is 8.01. The van der Waals surface area contributed by atoms with Gasteiger partial charge in [-0.2, -0.15) is 0 Å². The molecule has 11 nitrogen and oxygen atoms in total. The maximum atomic E-state index is 13.0. The summed E-state index contributed by atoms with van der Waals surface area (Å²) in [6, 6.07) is 17.2. The van der Waals surface area contributed by atoms with Crippen molar-refractivity contribution >= 4 is 41.0 Å². The molecule has 1 amide bonds. The van der Waals surface area contributed by atoms with Gasteiger partial charge in [-0.05, 0) is 18.0 Å². The van der Waals surface area contributed by atoms with Crippen molar-refractivity contribution in [3.8, 4) is 0 Å². The van der Waals surface area contributed by atoms with Crippen LogP contribution in [-0.2, 0) is 9.53 Å². The van der Waals surface area contributed by atoms with E-state index in [2.05, 4.69) is 20.8 Å². The van der Waals surface area contributed by atoms with Crippen LogP contribution in [0.15, 0.2) is 69.0 Å². The third kappa shape index (κ3) is 4.85. The Morgan fingerprint density at radius 1 is 1.09 bits per heavy atom. The highest BCUT2D eigenvalue weighted by Crippen LogP contribution is 2.27. The highest BCUT2D eigenvalue weighted by atomic mass is 32.2. The number of aromatic nitrogens is 2.